The summed E-state index contributed by atoms with van der Waals surface area (Å²) in [7, 11) is -7.24. The van der Waals surface area contributed by atoms with Crippen LogP contribution in [0.4, 0.5) is 5.69 Å². The Hall–Kier alpha value is -2.27. The molecule has 0 aromatic heterocycles. The van der Waals surface area contributed by atoms with Crippen LogP contribution >= 0.6 is 0 Å². The number of anilines is 1. The maximum atomic E-state index is 12.5. The van der Waals surface area contributed by atoms with E-state index in [1.165, 1.54) is 36.4 Å². The van der Waals surface area contributed by atoms with E-state index in [-0.39, 0.29) is 21.4 Å². The fourth-order valence-electron chi connectivity index (χ4n) is 2.69. The lowest BCUT2D eigenvalue weighted by Gasteiger charge is -2.10. The molecule has 1 fully saturated rings. The highest BCUT2D eigenvalue weighted by atomic mass is 32.2. The number of hydrogen-bond donors (Lipinski definition) is 3. The molecule has 0 radical (unpaired) electrons. The Balaban J connectivity index is 1.68. The van der Waals surface area contributed by atoms with Crippen molar-refractivity contribution in [3.8, 4) is 0 Å². The molecule has 162 valence electrons. The van der Waals surface area contributed by atoms with Crippen molar-refractivity contribution in [3.63, 3.8) is 0 Å². The first kappa shape index (κ1) is 22.4. The second kappa shape index (κ2) is 9.25. The van der Waals surface area contributed by atoms with Crippen molar-refractivity contribution in [3.05, 3.63) is 54.1 Å². The Morgan fingerprint density at radius 1 is 0.967 bits per heavy atom. The topological polar surface area (TPSA) is 121 Å². The molecular formula is C20H25N3O5S2. The standard InChI is InChI=1S/C20H25N3O5S2/c1-2-3-13-21-29(25,26)19-6-4-5-17(14-19)22-20(24)15-7-11-18(12-8-15)30(27,28)23-16-9-10-16/h4-8,11-12,14,16,21,23H,2-3,9-10,13H2,1H3,(H,22,24). The van der Waals surface area contributed by atoms with Gasteiger partial charge in [0.05, 0.1) is 9.79 Å². The molecule has 0 aliphatic heterocycles. The number of rotatable bonds is 10. The predicted octanol–water partition coefficient (Wildman–Crippen LogP) is 2.46. The van der Waals surface area contributed by atoms with Crippen molar-refractivity contribution in [2.45, 2.75) is 48.4 Å². The van der Waals surface area contributed by atoms with Crippen molar-refractivity contribution in [1.29, 1.82) is 0 Å². The molecule has 0 heterocycles. The van der Waals surface area contributed by atoms with Crippen LogP contribution in [0.3, 0.4) is 0 Å². The second-order valence-corrected chi connectivity index (χ2v) is 10.6. The zero-order chi connectivity index (χ0) is 21.8. The molecule has 0 atom stereocenters. The molecule has 0 saturated heterocycles. The van der Waals surface area contributed by atoms with E-state index >= 15 is 0 Å². The average molecular weight is 452 g/mol. The van der Waals surface area contributed by atoms with Gasteiger partial charge in [0.25, 0.3) is 5.91 Å². The highest BCUT2D eigenvalue weighted by Crippen LogP contribution is 2.22. The molecule has 0 spiro atoms. The van der Waals surface area contributed by atoms with Crippen LogP contribution in [0.5, 0.6) is 0 Å². The Morgan fingerprint density at radius 2 is 1.67 bits per heavy atom. The third-order valence-corrected chi connectivity index (χ3v) is 7.55. The van der Waals surface area contributed by atoms with E-state index in [0.29, 0.717) is 12.2 Å². The van der Waals surface area contributed by atoms with Crippen molar-refractivity contribution >= 4 is 31.6 Å². The lowest BCUT2D eigenvalue weighted by atomic mass is 10.2. The minimum Gasteiger partial charge on any atom is -0.322 e. The SMILES string of the molecule is CCCCNS(=O)(=O)c1cccc(NC(=O)c2ccc(S(=O)(=O)NC3CC3)cc2)c1. The number of amides is 1. The van der Waals surface area contributed by atoms with E-state index in [1.807, 2.05) is 6.92 Å². The van der Waals surface area contributed by atoms with Gasteiger partial charge in [-0.3, -0.25) is 4.79 Å². The molecular weight excluding hydrogens is 426 g/mol. The quantitative estimate of drug-likeness (QED) is 0.479. The zero-order valence-corrected chi connectivity index (χ0v) is 18.2. The number of benzene rings is 2. The van der Waals surface area contributed by atoms with E-state index in [1.54, 1.807) is 12.1 Å². The minimum atomic E-state index is -3.66. The third kappa shape index (κ3) is 5.88. The highest BCUT2D eigenvalue weighted by molar-refractivity contribution is 7.89. The Labute approximate surface area is 177 Å². The fraction of sp³-hybridized carbons (Fsp3) is 0.350. The number of carbonyl (C=O) groups is 1. The van der Waals surface area contributed by atoms with Gasteiger partial charge >= 0.3 is 0 Å². The maximum absolute atomic E-state index is 12.5. The van der Waals surface area contributed by atoms with Crippen LogP contribution in [-0.4, -0.2) is 35.3 Å². The van der Waals surface area contributed by atoms with Gasteiger partial charge in [-0.2, -0.15) is 0 Å². The summed E-state index contributed by atoms with van der Waals surface area (Å²) in [5.41, 5.74) is 0.583. The molecule has 1 amide bonds. The second-order valence-electron chi connectivity index (χ2n) is 7.15. The lowest BCUT2D eigenvalue weighted by Crippen LogP contribution is -2.25. The molecule has 10 heteroatoms. The largest absolute Gasteiger partial charge is 0.322 e. The molecule has 2 aromatic carbocycles. The Morgan fingerprint density at radius 3 is 2.30 bits per heavy atom. The summed E-state index contributed by atoms with van der Waals surface area (Å²) in [5, 5.41) is 2.64. The van der Waals surface area contributed by atoms with Crippen LogP contribution in [0, 0.1) is 0 Å². The van der Waals surface area contributed by atoms with Gasteiger partial charge in [0.1, 0.15) is 0 Å². The van der Waals surface area contributed by atoms with Crippen molar-refractivity contribution in [2.24, 2.45) is 0 Å². The van der Waals surface area contributed by atoms with Gasteiger partial charge < -0.3 is 5.32 Å². The number of nitrogens with one attached hydrogen (secondary N) is 3. The average Bonchev–Trinajstić information content (AvgIpc) is 3.52. The maximum Gasteiger partial charge on any atom is 0.255 e. The minimum absolute atomic E-state index is 0.00186. The van der Waals surface area contributed by atoms with Crippen LogP contribution in [0.15, 0.2) is 58.3 Å². The smallest absolute Gasteiger partial charge is 0.255 e. The molecule has 1 aliphatic rings. The molecule has 0 unspecified atom stereocenters. The van der Waals surface area contributed by atoms with Crippen LogP contribution in [0.1, 0.15) is 43.0 Å². The first-order valence-electron chi connectivity index (χ1n) is 9.75. The van der Waals surface area contributed by atoms with E-state index in [9.17, 15) is 21.6 Å². The molecule has 3 N–H and O–H groups in total. The van der Waals surface area contributed by atoms with Gasteiger partial charge in [-0.15, -0.1) is 0 Å². The number of hydrogen-bond acceptors (Lipinski definition) is 5. The molecule has 8 nitrogen and oxygen atoms in total. The first-order valence-corrected chi connectivity index (χ1v) is 12.7. The van der Waals surface area contributed by atoms with Gasteiger partial charge in [0.15, 0.2) is 0 Å². The molecule has 0 bridgehead atoms. The third-order valence-electron chi connectivity index (χ3n) is 4.55. The van der Waals surface area contributed by atoms with E-state index in [0.717, 1.165) is 25.7 Å². The Bertz CT molecular complexity index is 1110. The normalized spacial score (nSPS) is 14.4. The van der Waals surface area contributed by atoms with Gasteiger partial charge in [-0.1, -0.05) is 19.4 Å². The fourth-order valence-corrected chi connectivity index (χ4v) is 5.11. The van der Waals surface area contributed by atoms with Crippen LogP contribution in [0.25, 0.3) is 0 Å². The van der Waals surface area contributed by atoms with Gasteiger partial charge in [0.2, 0.25) is 20.0 Å². The molecule has 1 aliphatic carbocycles. The van der Waals surface area contributed by atoms with E-state index in [4.69, 9.17) is 0 Å². The Kier molecular flexibility index (Phi) is 6.91. The van der Waals surface area contributed by atoms with E-state index < -0.39 is 26.0 Å². The first-order chi connectivity index (χ1) is 14.2. The summed E-state index contributed by atoms with van der Waals surface area (Å²) in [6.45, 7) is 2.32. The van der Waals surface area contributed by atoms with Crippen molar-refractivity contribution in [2.75, 3.05) is 11.9 Å². The van der Waals surface area contributed by atoms with Crippen molar-refractivity contribution in [1.82, 2.24) is 9.44 Å². The molecule has 30 heavy (non-hydrogen) atoms. The summed E-state index contributed by atoms with van der Waals surface area (Å²) in [4.78, 5) is 12.6. The van der Waals surface area contributed by atoms with Crippen LogP contribution in [-0.2, 0) is 20.0 Å². The van der Waals surface area contributed by atoms with Gasteiger partial charge in [0, 0.05) is 23.8 Å². The van der Waals surface area contributed by atoms with Crippen LogP contribution in [0.2, 0.25) is 0 Å². The highest BCUT2D eigenvalue weighted by Gasteiger charge is 2.28. The van der Waals surface area contributed by atoms with Crippen molar-refractivity contribution < 1.29 is 21.6 Å². The van der Waals surface area contributed by atoms with E-state index in [2.05, 4.69) is 14.8 Å². The number of unbranched alkanes of at least 4 members (excludes halogenated alkanes) is 1. The lowest BCUT2D eigenvalue weighted by molar-refractivity contribution is 0.102. The van der Waals surface area contributed by atoms with Crippen LogP contribution < -0.4 is 14.8 Å². The zero-order valence-electron chi connectivity index (χ0n) is 16.6. The molecule has 3 rings (SSSR count). The van der Waals surface area contributed by atoms with Gasteiger partial charge in [-0.05, 0) is 61.7 Å². The van der Waals surface area contributed by atoms with Gasteiger partial charge in [-0.25, -0.2) is 26.3 Å². The summed E-state index contributed by atoms with van der Waals surface area (Å²) in [5.74, 6) is -0.470. The monoisotopic (exact) mass is 451 g/mol. The summed E-state index contributed by atoms with van der Waals surface area (Å²) in [6, 6.07) is 11.5. The molecule has 1 saturated carbocycles. The molecule has 2 aromatic rings. The summed E-state index contributed by atoms with van der Waals surface area (Å²) >= 11 is 0. The predicted molar refractivity (Wildman–Crippen MR) is 114 cm³/mol. The summed E-state index contributed by atoms with van der Waals surface area (Å²) < 4.78 is 54.2. The number of sulfonamides is 2. The summed E-state index contributed by atoms with van der Waals surface area (Å²) in [6.07, 6.45) is 3.28. The number of carbonyl (C=O) groups excluding carboxylic acids is 1.